The standard InChI is InChI=1S/C14H20O9S/c1-6(15)19-5-10-11(20-7(2)16)12(21-8(3)17)13(14(24)23-10)22-9(4)18/h10-14,24H,5H2,1-4H3/t10?,11-,12?,13?,14?/m0/s1. The van der Waals surface area contributed by atoms with Crippen LogP contribution in [-0.4, -0.2) is 60.3 Å². The van der Waals surface area contributed by atoms with Gasteiger partial charge < -0.3 is 23.7 Å². The lowest BCUT2D eigenvalue weighted by molar-refractivity contribution is -0.237. The van der Waals surface area contributed by atoms with Crippen molar-refractivity contribution in [2.24, 2.45) is 0 Å². The van der Waals surface area contributed by atoms with Crippen LogP contribution in [0.2, 0.25) is 0 Å². The summed E-state index contributed by atoms with van der Waals surface area (Å²) in [7, 11) is 0. The second-order valence-corrected chi connectivity index (χ2v) is 5.60. The van der Waals surface area contributed by atoms with Crippen LogP contribution < -0.4 is 0 Å². The molecule has 5 atom stereocenters. The molecule has 1 aliphatic heterocycles. The highest BCUT2D eigenvalue weighted by Crippen LogP contribution is 2.30. The third-order valence-electron chi connectivity index (χ3n) is 2.97. The van der Waals surface area contributed by atoms with Crippen LogP contribution in [0.25, 0.3) is 0 Å². The molecule has 1 heterocycles. The highest BCUT2D eigenvalue weighted by molar-refractivity contribution is 7.80. The summed E-state index contributed by atoms with van der Waals surface area (Å²) in [6, 6.07) is 0. The van der Waals surface area contributed by atoms with Crippen molar-refractivity contribution in [1.82, 2.24) is 0 Å². The van der Waals surface area contributed by atoms with Gasteiger partial charge in [0.15, 0.2) is 18.3 Å². The monoisotopic (exact) mass is 364 g/mol. The van der Waals surface area contributed by atoms with Gasteiger partial charge in [-0.15, -0.1) is 12.6 Å². The summed E-state index contributed by atoms with van der Waals surface area (Å²) in [5.41, 5.74) is -0.981. The van der Waals surface area contributed by atoms with Gasteiger partial charge in [-0.1, -0.05) is 0 Å². The lowest BCUT2D eigenvalue weighted by Gasteiger charge is -2.42. The van der Waals surface area contributed by atoms with E-state index in [1.807, 2.05) is 0 Å². The fourth-order valence-corrected chi connectivity index (χ4v) is 2.59. The Morgan fingerprint density at radius 1 is 0.792 bits per heavy atom. The van der Waals surface area contributed by atoms with Gasteiger partial charge in [-0.2, -0.15) is 0 Å². The van der Waals surface area contributed by atoms with Crippen molar-refractivity contribution in [2.45, 2.75) is 57.5 Å². The van der Waals surface area contributed by atoms with Crippen molar-refractivity contribution in [2.75, 3.05) is 6.61 Å². The topological polar surface area (TPSA) is 114 Å². The van der Waals surface area contributed by atoms with Crippen LogP contribution in [0.3, 0.4) is 0 Å². The average molecular weight is 364 g/mol. The number of esters is 4. The summed E-state index contributed by atoms with van der Waals surface area (Å²) in [4.78, 5) is 45.1. The third-order valence-corrected chi connectivity index (χ3v) is 3.38. The van der Waals surface area contributed by atoms with E-state index in [0.29, 0.717) is 0 Å². The average Bonchev–Trinajstić information content (AvgIpc) is 2.42. The largest absolute Gasteiger partial charge is 0.463 e. The summed E-state index contributed by atoms with van der Waals surface area (Å²) in [6.45, 7) is 4.42. The molecule has 0 aromatic carbocycles. The molecule has 1 rings (SSSR count). The highest BCUT2D eigenvalue weighted by Gasteiger charge is 2.51. The molecule has 0 N–H and O–H groups in total. The van der Waals surface area contributed by atoms with E-state index in [-0.39, 0.29) is 6.61 Å². The van der Waals surface area contributed by atoms with E-state index in [9.17, 15) is 19.2 Å². The second-order valence-electron chi connectivity index (χ2n) is 5.09. The molecular weight excluding hydrogens is 344 g/mol. The van der Waals surface area contributed by atoms with Crippen molar-refractivity contribution in [1.29, 1.82) is 0 Å². The molecule has 0 aromatic heterocycles. The van der Waals surface area contributed by atoms with E-state index in [0.717, 1.165) is 20.8 Å². The third kappa shape index (κ3) is 6.00. The first-order valence-electron chi connectivity index (χ1n) is 7.10. The number of carbonyl (C=O) groups excluding carboxylic acids is 4. The van der Waals surface area contributed by atoms with Gasteiger partial charge in [0.2, 0.25) is 0 Å². The molecule has 0 radical (unpaired) electrons. The smallest absolute Gasteiger partial charge is 0.303 e. The van der Waals surface area contributed by atoms with Crippen molar-refractivity contribution in [3.05, 3.63) is 0 Å². The predicted molar refractivity (Wildman–Crippen MR) is 80.9 cm³/mol. The van der Waals surface area contributed by atoms with Crippen molar-refractivity contribution in [3.63, 3.8) is 0 Å². The van der Waals surface area contributed by atoms with Gasteiger partial charge in [0.05, 0.1) is 0 Å². The van der Waals surface area contributed by atoms with E-state index in [2.05, 4.69) is 12.6 Å². The molecule has 0 bridgehead atoms. The molecule has 0 spiro atoms. The zero-order valence-corrected chi connectivity index (χ0v) is 14.6. The molecule has 10 heteroatoms. The fraction of sp³-hybridized carbons (Fsp3) is 0.714. The van der Waals surface area contributed by atoms with E-state index in [4.69, 9.17) is 23.7 Å². The molecule has 0 aliphatic carbocycles. The summed E-state index contributed by atoms with van der Waals surface area (Å²) in [5.74, 6) is -2.57. The number of rotatable bonds is 5. The zero-order chi connectivity index (χ0) is 18.4. The molecule has 4 unspecified atom stereocenters. The first kappa shape index (κ1) is 20.2. The van der Waals surface area contributed by atoms with Crippen molar-refractivity contribution in [3.8, 4) is 0 Å². The van der Waals surface area contributed by atoms with Gasteiger partial charge in [-0.05, 0) is 0 Å². The first-order chi connectivity index (χ1) is 11.1. The second kappa shape index (κ2) is 8.88. The first-order valence-corrected chi connectivity index (χ1v) is 7.62. The minimum Gasteiger partial charge on any atom is -0.463 e. The maximum Gasteiger partial charge on any atom is 0.303 e. The van der Waals surface area contributed by atoms with Crippen molar-refractivity contribution < 1.29 is 42.9 Å². The van der Waals surface area contributed by atoms with Crippen LogP contribution in [0.4, 0.5) is 0 Å². The number of hydrogen-bond acceptors (Lipinski definition) is 10. The number of ether oxygens (including phenoxy) is 5. The Morgan fingerprint density at radius 3 is 1.71 bits per heavy atom. The van der Waals surface area contributed by atoms with Crippen LogP contribution in [0, 0.1) is 0 Å². The number of hydrogen-bond donors (Lipinski definition) is 1. The minimum atomic E-state index is -1.16. The zero-order valence-electron chi connectivity index (χ0n) is 13.7. The summed E-state index contributed by atoms with van der Waals surface area (Å²) >= 11 is 4.18. The van der Waals surface area contributed by atoms with Crippen LogP contribution in [-0.2, 0) is 42.9 Å². The van der Waals surface area contributed by atoms with Gasteiger partial charge in [0, 0.05) is 27.7 Å². The van der Waals surface area contributed by atoms with Gasteiger partial charge >= 0.3 is 23.9 Å². The van der Waals surface area contributed by atoms with Crippen LogP contribution in [0.15, 0.2) is 0 Å². The molecule has 0 amide bonds. The maximum atomic E-state index is 11.4. The molecule has 1 fully saturated rings. The Morgan fingerprint density at radius 2 is 1.25 bits per heavy atom. The maximum absolute atomic E-state index is 11.4. The van der Waals surface area contributed by atoms with E-state index in [1.165, 1.54) is 6.92 Å². The Bertz CT molecular complexity index is 506. The number of thiol groups is 1. The molecule has 24 heavy (non-hydrogen) atoms. The van der Waals surface area contributed by atoms with E-state index < -0.39 is 53.7 Å². The molecular formula is C14H20O9S. The van der Waals surface area contributed by atoms with E-state index >= 15 is 0 Å². The highest BCUT2D eigenvalue weighted by atomic mass is 32.1. The SMILES string of the molecule is CC(=O)OCC1OC(S)C(OC(C)=O)C(OC(C)=O)[C@H]1OC(C)=O. The number of carbonyl (C=O) groups is 4. The molecule has 136 valence electrons. The lowest BCUT2D eigenvalue weighted by atomic mass is 9.99. The quantitative estimate of drug-likeness (QED) is 0.409. The Balaban J connectivity index is 3.11. The molecule has 1 saturated heterocycles. The summed E-state index contributed by atoms with van der Waals surface area (Å²) < 4.78 is 25.8. The normalized spacial score (nSPS) is 29.3. The van der Waals surface area contributed by atoms with Gasteiger partial charge in [-0.3, -0.25) is 19.2 Å². The Kier molecular flexibility index (Phi) is 7.49. The minimum absolute atomic E-state index is 0.255. The lowest BCUT2D eigenvalue weighted by Crippen LogP contribution is -2.61. The van der Waals surface area contributed by atoms with E-state index in [1.54, 1.807) is 0 Å². The summed E-state index contributed by atoms with van der Waals surface area (Å²) in [5, 5.41) is 0. The fourth-order valence-electron chi connectivity index (χ4n) is 2.21. The Hall–Kier alpha value is -1.81. The molecule has 9 nitrogen and oxygen atoms in total. The predicted octanol–water partition coefficient (Wildman–Crippen LogP) is -0.000700. The summed E-state index contributed by atoms with van der Waals surface area (Å²) in [6.07, 6.45) is -4.35. The van der Waals surface area contributed by atoms with Gasteiger partial charge in [0.1, 0.15) is 18.1 Å². The van der Waals surface area contributed by atoms with Crippen molar-refractivity contribution >= 4 is 36.5 Å². The molecule has 0 saturated carbocycles. The van der Waals surface area contributed by atoms with Crippen LogP contribution in [0.1, 0.15) is 27.7 Å². The van der Waals surface area contributed by atoms with Crippen LogP contribution >= 0.6 is 12.6 Å². The molecule has 1 aliphatic rings. The van der Waals surface area contributed by atoms with Gasteiger partial charge in [-0.25, -0.2) is 0 Å². The molecule has 0 aromatic rings. The van der Waals surface area contributed by atoms with Gasteiger partial charge in [0.25, 0.3) is 0 Å². The Labute approximate surface area is 144 Å². The van der Waals surface area contributed by atoms with Crippen LogP contribution in [0.5, 0.6) is 0 Å².